The Balaban J connectivity index is 3.05. The Kier molecular flexibility index (Phi) is 44.9. The monoisotopic (exact) mass is 691 g/mol. The highest BCUT2D eigenvalue weighted by Gasteiger charge is 1.99. The zero-order valence-electron chi connectivity index (χ0n) is 34.1. The highest BCUT2D eigenvalue weighted by atomic mass is 16.1. The third-order valence-corrected chi connectivity index (χ3v) is 11.0. The fraction of sp³-hybridized carbons (Fsp3) is 0.978. The number of carbonyl (C=O) groups excluding carboxylic acids is 1. The number of carbonyl (C=O) groups is 1. The molecule has 0 aliphatic heterocycles. The number of unbranched alkanes of at least 4 members (excludes halogenated alkanes) is 39. The molecule has 0 saturated heterocycles. The molecule has 3 N–H and O–H groups in total. The number of primary amides is 1. The molecular formula is C46H94N2O. The Morgan fingerprint density at radius 2 is 0.490 bits per heavy atom. The van der Waals surface area contributed by atoms with E-state index in [0.717, 1.165) is 25.9 Å². The second-order valence-electron chi connectivity index (χ2n) is 16.1. The molecular weight excluding hydrogens is 597 g/mol. The minimum absolute atomic E-state index is 0.174. The molecule has 0 aliphatic carbocycles. The molecule has 0 fully saturated rings. The quantitative estimate of drug-likeness (QED) is 0.0625. The lowest BCUT2D eigenvalue weighted by Crippen LogP contribution is -2.17. The van der Waals surface area contributed by atoms with Gasteiger partial charge in [0.25, 0.3) is 0 Å². The lowest BCUT2D eigenvalue weighted by atomic mass is 10.0. The number of hydrogen-bond donors (Lipinski definition) is 2. The fourth-order valence-corrected chi connectivity index (χ4v) is 7.54. The molecule has 0 aromatic heterocycles. The summed E-state index contributed by atoms with van der Waals surface area (Å²) in [6.45, 7) is 4.45. The van der Waals surface area contributed by atoms with Crippen molar-refractivity contribution in [1.82, 2.24) is 5.32 Å². The van der Waals surface area contributed by atoms with E-state index in [1.165, 1.54) is 250 Å². The van der Waals surface area contributed by atoms with Gasteiger partial charge < -0.3 is 11.1 Å². The molecule has 0 rings (SSSR count). The molecule has 0 bridgehead atoms. The van der Waals surface area contributed by atoms with E-state index in [9.17, 15) is 4.79 Å². The van der Waals surface area contributed by atoms with Crippen molar-refractivity contribution in [3.63, 3.8) is 0 Å². The van der Waals surface area contributed by atoms with Gasteiger partial charge in [0.1, 0.15) is 0 Å². The van der Waals surface area contributed by atoms with Crippen LogP contribution >= 0.6 is 0 Å². The molecule has 3 nitrogen and oxygen atoms in total. The summed E-state index contributed by atoms with van der Waals surface area (Å²) in [7, 11) is 0. The molecule has 0 atom stereocenters. The Labute approximate surface area is 310 Å². The summed E-state index contributed by atoms with van der Waals surface area (Å²) in [5.74, 6) is -0.174. The van der Waals surface area contributed by atoms with Crippen LogP contribution in [0.15, 0.2) is 0 Å². The van der Waals surface area contributed by atoms with Crippen LogP contribution in [0.3, 0.4) is 0 Å². The van der Waals surface area contributed by atoms with Crippen molar-refractivity contribution in [2.24, 2.45) is 5.73 Å². The zero-order valence-corrected chi connectivity index (χ0v) is 34.1. The smallest absolute Gasteiger partial charge is 0.217 e. The van der Waals surface area contributed by atoms with Crippen LogP contribution in [0.4, 0.5) is 0 Å². The topological polar surface area (TPSA) is 55.1 Å². The van der Waals surface area contributed by atoms with Crippen LogP contribution in [0.2, 0.25) is 0 Å². The van der Waals surface area contributed by atoms with Crippen LogP contribution < -0.4 is 11.1 Å². The van der Waals surface area contributed by atoms with Gasteiger partial charge >= 0.3 is 0 Å². The van der Waals surface area contributed by atoms with E-state index in [1.807, 2.05) is 0 Å². The van der Waals surface area contributed by atoms with Crippen molar-refractivity contribution in [3.05, 3.63) is 0 Å². The van der Waals surface area contributed by atoms with Gasteiger partial charge in [-0.15, -0.1) is 0 Å². The molecule has 0 spiro atoms. The van der Waals surface area contributed by atoms with E-state index >= 15 is 0 Å². The molecule has 0 unspecified atom stereocenters. The summed E-state index contributed by atoms with van der Waals surface area (Å²) >= 11 is 0. The average molecular weight is 691 g/mol. The molecule has 0 saturated carbocycles. The van der Waals surface area contributed by atoms with E-state index in [0.29, 0.717) is 6.42 Å². The van der Waals surface area contributed by atoms with Gasteiger partial charge in [-0.3, -0.25) is 4.79 Å². The van der Waals surface area contributed by atoms with Gasteiger partial charge in [-0.05, 0) is 32.4 Å². The third kappa shape index (κ3) is 47.4. The van der Waals surface area contributed by atoms with Crippen LogP contribution in [0.25, 0.3) is 0 Å². The van der Waals surface area contributed by atoms with Gasteiger partial charge in [0.2, 0.25) is 5.91 Å². The molecule has 49 heavy (non-hydrogen) atoms. The van der Waals surface area contributed by atoms with Gasteiger partial charge in [-0.1, -0.05) is 251 Å². The van der Waals surface area contributed by atoms with E-state index < -0.39 is 0 Å². The minimum atomic E-state index is -0.174. The molecule has 0 heterocycles. The summed E-state index contributed by atoms with van der Waals surface area (Å²) < 4.78 is 0. The average Bonchev–Trinajstić information content (AvgIpc) is 3.10. The standard InChI is InChI=1S/C46H94N2O/c1-2-3-4-5-6-7-8-9-10-11-12-13-14-15-16-17-18-19-20-21-22-23-24-25-26-27-28-29-30-31-32-33-34-35-36-37-38-39-41-44-48-45-42-40-43-46(47)49/h48H,2-45H2,1H3,(H2,47,49). The lowest BCUT2D eigenvalue weighted by molar-refractivity contribution is -0.118. The van der Waals surface area contributed by atoms with Crippen LogP contribution in [0.1, 0.15) is 277 Å². The normalized spacial score (nSPS) is 11.5. The largest absolute Gasteiger partial charge is 0.370 e. The molecule has 0 radical (unpaired) electrons. The Bertz CT molecular complexity index is 594. The summed E-state index contributed by atoms with van der Waals surface area (Å²) in [6, 6.07) is 0. The summed E-state index contributed by atoms with van der Waals surface area (Å²) in [5.41, 5.74) is 5.17. The first-order valence-corrected chi connectivity index (χ1v) is 23.3. The van der Waals surface area contributed by atoms with Gasteiger partial charge in [-0.25, -0.2) is 0 Å². The maximum absolute atomic E-state index is 10.7. The van der Waals surface area contributed by atoms with Crippen molar-refractivity contribution < 1.29 is 4.79 Å². The first-order valence-electron chi connectivity index (χ1n) is 23.3. The number of rotatable bonds is 45. The van der Waals surface area contributed by atoms with Crippen molar-refractivity contribution in [1.29, 1.82) is 0 Å². The zero-order chi connectivity index (χ0) is 35.4. The Morgan fingerprint density at radius 3 is 0.694 bits per heavy atom. The second-order valence-corrected chi connectivity index (χ2v) is 16.1. The SMILES string of the molecule is CCCCCCCCCCCCCCCCCCCCCCCCCCCCCCCCCCCCCCCCCNCCCCC(N)=O. The third-order valence-electron chi connectivity index (χ3n) is 11.0. The summed E-state index contributed by atoms with van der Waals surface area (Å²) in [4.78, 5) is 10.7. The van der Waals surface area contributed by atoms with E-state index in [-0.39, 0.29) is 5.91 Å². The van der Waals surface area contributed by atoms with Gasteiger partial charge in [-0.2, -0.15) is 0 Å². The van der Waals surface area contributed by atoms with Gasteiger partial charge in [0.05, 0.1) is 0 Å². The maximum atomic E-state index is 10.7. The highest BCUT2D eigenvalue weighted by molar-refractivity contribution is 5.73. The molecule has 0 aliphatic rings. The summed E-state index contributed by atoms with van der Waals surface area (Å²) in [6.07, 6.45) is 59.5. The van der Waals surface area contributed by atoms with E-state index in [2.05, 4.69) is 12.2 Å². The van der Waals surface area contributed by atoms with Crippen molar-refractivity contribution in [2.45, 2.75) is 277 Å². The van der Waals surface area contributed by atoms with E-state index in [1.54, 1.807) is 0 Å². The van der Waals surface area contributed by atoms with Crippen LogP contribution in [-0.2, 0) is 4.79 Å². The molecule has 0 aromatic rings. The minimum Gasteiger partial charge on any atom is -0.370 e. The van der Waals surface area contributed by atoms with Gasteiger partial charge in [0, 0.05) is 6.42 Å². The first kappa shape index (κ1) is 48.4. The van der Waals surface area contributed by atoms with Crippen molar-refractivity contribution in [2.75, 3.05) is 13.1 Å². The predicted octanol–water partition coefficient (Wildman–Crippen LogP) is 15.5. The number of hydrogen-bond acceptors (Lipinski definition) is 2. The first-order chi connectivity index (χ1) is 24.3. The van der Waals surface area contributed by atoms with Crippen molar-refractivity contribution >= 4 is 5.91 Å². The van der Waals surface area contributed by atoms with Gasteiger partial charge in [0.15, 0.2) is 0 Å². The molecule has 3 heteroatoms. The molecule has 1 amide bonds. The Hall–Kier alpha value is -0.570. The highest BCUT2D eigenvalue weighted by Crippen LogP contribution is 2.17. The predicted molar refractivity (Wildman–Crippen MR) is 222 cm³/mol. The number of amides is 1. The maximum Gasteiger partial charge on any atom is 0.217 e. The fourth-order valence-electron chi connectivity index (χ4n) is 7.54. The molecule has 294 valence electrons. The second kappa shape index (κ2) is 45.5. The van der Waals surface area contributed by atoms with Crippen molar-refractivity contribution in [3.8, 4) is 0 Å². The number of nitrogens with one attached hydrogen (secondary N) is 1. The van der Waals surface area contributed by atoms with E-state index in [4.69, 9.17) is 5.73 Å². The molecule has 0 aromatic carbocycles. The van der Waals surface area contributed by atoms with Crippen LogP contribution in [0.5, 0.6) is 0 Å². The van der Waals surface area contributed by atoms with Crippen LogP contribution in [0, 0.1) is 0 Å². The lowest BCUT2D eigenvalue weighted by Gasteiger charge is -2.05. The summed E-state index contributed by atoms with van der Waals surface area (Å²) in [5, 5.41) is 3.49. The van der Waals surface area contributed by atoms with Crippen LogP contribution in [-0.4, -0.2) is 19.0 Å². The Morgan fingerprint density at radius 1 is 0.306 bits per heavy atom. The number of nitrogens with two attached hydrogens (primary N) is 1.